The molecule has 1 aliphatic rings. The smallest absolute Gasteiger partial charge is 0.0568 e. The summed E-state index contributed by atoms with van der Waals surface area (Å²) in [5, 5.41) is 9.85. The molecule has 3 unspecified atom stereocenters. The molecule has 1 saturated carbocycles. The van der Waals surface area contributed by atoms with Gasteiger partial charge in [0, 0.05) is 0 Å². The zero-order chi connectivity index (χ0) is 10.6. The normalized spacial score (nSPS) is 33.6. The average Bonchev–Trinajstić information content (AvgIpc) is 2.10. The van der Waals surface area contributed by atoms with E-state index in [1.807, 2.05) is 0 Å². The Morgan fingerprint density at radius 3 is 2.64 bits per heavy atom. The van der Waals surface area contributed by atoms with E-state index >= 15 is 0 Å². The SMILES string of the molecule is CC(C)CCCC1CC(C)CCC1O. The number of hydrogen-bond acceptors (Lipinski definition) is 1. The molecule has 84 valence electrons. The molecule has 0 radical (unpaired) electrons. The molecule has 0 heterocycles. The van der Waals surface area contributed by atoms with E-state index in [-0.39, 0.29) is 6.10 Å². The Morgan fingerprint density at radius 2 is 2.00 bits per heavy atom. The highest BCUT2D eigenvalue weighted by Crippen LogP contribution is 2.32. The van der Waals surface area contributed by atoms with Crippen molar-refractivity contribution in [1.82, 2.24) is 0 Å². The second-order valence-electron chi connectivity index (χ2n) is 5.57. The molecule has 0 aliphatic heterocycles. The molecule has 1 fully saturated rings. The first-order valence-corrected chi connectivity index (χ1v) is 6.27. The molecule has 0 amide bonds. The number of aliphatic hydroxyl groups is 1. The predicted molar refractivity (Wildman–Crippen MR) is 61.2 cm³/mol. The van der Waals surface area contributed by atoms with Crippen LogP contribution < -0.4 is 0 Å². The van der Waals surface area contributed by atoms with Crippen LogP contribution in [0.3, 0.4) is 0 Å². The Hall–Kier alpha value is -0.0400. The first kappa shape index (κ1) is 12.0. The summed E-state index contributed by atoms with van der Waals surface area (Å²) in [5.41, 5.74) is 0. The third-order valence-corrected chi connectivity index (χ3v) is 3.56. The predicted octanol–water partition coefficient (Wildman–Crippen LogP) is 3.61. The van der Waals surface area contributed by atoms with Crippen LogP contribution >= 0.6 is 0 Å². The summed E-state index contributed by atoms with van der Waals surface area (Å²) in [4.78, 5) is 0. The van der Waals surface area contributed by atoms with Gasteiger partial charge in [-0.2, -0.15) is 0 Å². The van der Waals surface area contributed by atoms with Gasteiger partial charge in [0.1, 0.15) is 0 Å². The van der Waals surface area contributed by atoms with Crippen LogP contribution in [0.5, 0.6) is 0 Å². The van der Waals surface area contributed by atoms with Crippen LogP contribution in [0.4, 0.5) is 0 Å². The fraction of sp³-hybridized carbons (Fsp3) is 1.00. The summed E-state index contributed by atoms with van der Waals surface area (Å²) in [6, 6.07) is 0. The molecule has 0 aromatic heterocycles. The zero-order valence-corrected chi connectivity index (χ0v) is 10.00. The van der Waals surface area contributed by atoms with Crippen LogP contribution in [-0.4, -0.2) is 11.2 Å². The van der Waals surface area contributed by atoms with E-state index in [0.29, 0.717) is 5.92 Å². The molecular formula is C13H26O. The Balaban J connectivity index is 2.20. The van der Waals surface area contributed by atoms with Crippen molar-refractivity contribution < 1.29 is 5.11 Å². The Morgan fingerprint density at radius 1 is 1.29 bits per heavy atom. The van der Waals surface area contributed by atoms with Crippen molar-refractivity contribution >= 4 is 0 Å². The van der Waals surface area contributed by atoms with Gasteiger partial charge in [-0.05, 0) is 43.4 Å². The number of rotatable bonds is 4. The monoisotopic (exact) mass is 198 g/mol. The summed E-state index contributed by atoms with van der Waals surface area (Å²) in [7, 11) is 0. The van der Waals surface area contributed by atoms with Crippen molar-refractivity contribution in [3.8, 4) is 0 Å². The molecule has 1 heteroatoms. The van der Waals surface area contributed by atoms with Crippen LogP contribution in [0, 0.1) is 17.8 Å². The second-order valence-corrected chi connectivity index (χ2v) is 5.57. The van der Waals surface area contributed by atoms with Crippen LogP contribution in [0.2, 0.25) is 0 Å². The van der Waals surface area contributed by atoms with Gasteiger partial charge in [0.25, 0.3) is 0 Å². The minimum absolute atomic E-state index is 0.00152. The first-order valence-electron chi connectivity index (χ1n) is 6.27. The van der Waals surface area contributed by atoms with E-state index in [1.54, 1.807) is 0 Å². The molecule has 1 nitrogen and oxygen atoms in total. The van der Waals surface area contributed by atoms with Gasteiger partial charge < -0.3 is 5.11 Å². The quantitative estimate of drug-likeness (QED) is 0.731. The topological polar surface area (TPSA) is 20.2 Å². The minimum Gasteiger partial charge on any atom is -0.393 e. The molecule has 3 atom stereocenters. The van der Waals surface area contributed by atoms with Gasteiger partial charge in [0.2, 0.25) is 0 Å². The molecular weight excluding hydrogens is 172 g/mol. The van der Waals surface area contributed by atoms with Gasteiger partial charge in [-0.3, -0.25) is 0 Å². The second kappa shape index (κ2) is 5.75. The lowest BCUT2D eigenvalue weighted by Crippen LogP contribution is -2.28. The number of aliphatic hydroxyl groups excluding tert-OH is 1. The summed E-state index contributed by atoms with van der Waals surface area (Å²) in [6.07, 6.45) is 7.36. The van der Waals surface area contributed by atoms with Crippen LogP contribution in [0.25, 0.3) is 0 Å². The highest BCUT2D eigenvalue weighted by molar-refractivity contribution is 4.77. The van der Waals surface area contributed by atoms with Crippen LogP contribution in [-0.2, 0) is 0 Å². The Kier molecular flexibility index (Phi) is 4.94. The lowest BCUT2D eigenvalue weighted by molar-refractivity contribution is 0.0457. The zero-order valence-electron chi connectivity index (χ0n) is 10.00. The summed E-state index contributed by atoms with van der Waals surface area (Å²) in [5.74, 6) is 2.24. The Labute approximate surface area is 88.9 Å². The third kappa shape index (κ3) is 4.00. The molecule has 14 heavy (non-hydrogen) atoms. The lowest BCUT2D eigenvalue weighted by atomic mass is 9.78. The molecule has 0 bridgehead atoms. The molecule has 0 saturated heterocycles. The van der Waals surface area contributed by atoms with E-state index in [2.05, 4.69) is 20.8 Å². The van der Waals surface area contributed by atoms with E-state index in [9.17, 15) is 5.11 Å². The van der Waals surface area contributed by atoms with Gasteiger partial charge >= 0.3 is 0 Å². The molecule has 0 aromatic rings. The Bertz CT molecular complexity index is 153. The van der Waals surface area contributed by atoms with Gasteiger partial charge in [0.05, 0.1) is 6.10 Å². The highest BCUT2D eigenvalue weighted by atomic mass is 16.3. The average molecular weight is 198 g/mol. The number of hydrogen-bond donors (Lipinski definition) is 1. The van der Waals surface area contributed by atoms with Crippen molar-refractivity contribution in [3.63, 3.8) is 0 Å². The van der Waals surface area contributed by atoms with Gasteiger partial charge in [-0.25, -0.2) is 0 Å². The molecule has 0 aromatic carbocycles. The van der Waals surface area contributed by atoms with E-state index in [4.69, 9.17) is 0 Å². The maximum absolute atomic E-state index is 9.85. The lowest BCUT2D eigenvalue weighted by Gasteiger charge is -2.31. The minimum atomic E-state index is -0.00152. The molecule has 1 aliphatic carbocycles. The maximum Gasteiger partial charge on any atom is 0.0568 e. The van der Waals surface area contributed by atoms with Crippen molar-refractivity contribution in [2.75, 3.05) is 0 Å². The van der Waals surface area contributed by atoms with Gasteiger partial charge in [-0.1, -0.05) is 33.6 Å². The van der Waals surface area contributed by atoms with Gasteiger partial charge in [0.15, 0.2) is 0 Å². The van der Waals surface area contributed by atoms with E-state index in [1.165, 1.54) is 32.1 Å². The standard InChI is InChI=1S/C13H26O/c1-10(2)5-4-6-12-9-11(3)7-8-13(12)14/h10-14H,4-9H2,1-3H3. The maximum atomic E-state index is 9.85. The fourth-order valence-electron chi connectivity index (χ4n) is 2.58. The van der Waals surface area contributed by atoms with Crippen molar-refractivity contribution in [2.24, 2.45) is 17.8 Å². The van der Waals surface area contributed by atoms with E-state index < -0.39 is 0 Å². The summed E-state index contributed by atoms with van der Waals surface area (Å²) in [6.45, 7) is 6.88. The van der Waals surface area contributed by atoms with Crippen molar-refractivity contribution in [3.05, 3.63) is 0 Å². The van der Waals surface area contributed by atoms with Crippen molar-refractivity contribution in [2.45, 2.75) is 65.4 Å². The van der Waals surface area contributed by atoms with Crippen LogP contribution in [0.1, 0.15) is 59.3 Å². The first-order chi connectivity index (χ1) is 6.59. The fourth-order valence-corrected chi connectivity index (χ4v) is 2.58. The van der Waals surface area contributed by atoms with Gasteiger partial charge in [-0.15, -0.1) is 0 Å². The highest BCUT2D eigenvalue weighted by Gasteiger charge is 2.26. The van der Waals surface area contributed by atoms with E-state index in [0.717, 1.165) is 18.3 Å². The van der Waals surface area contributed by atoms with Crippen molar-refractivity contribution in [1.29, 1.82) is 0 Å². The van der Waals surface area contributed by atoms with Crippen LogP contribution in [0.15, 0.2) is 0 Å². The third-order valence-electron chi connectivity index (χ3n) is 3.56. The summed E-state index contributed by atoms with van der Waals surface area (Å²) >= 11 is 0. The molecule has 1 N–H and O–H groups in total. The largest absolute Gasteiger partial charge is 0.393 e. The molecule has 0 spiro atoms. The molecule has 1 rings (SSSR count). The summed E-state index contributed by atoms with van der Waals surface area (Å²) < 4.78 is 0.